The summed E-state index contributed by atoms with van der Waals surface area (Å²) in [6, 6.07) is 22.8. The maximum atomic E-state index is 14.6. The number of alkyl halides is 3. The molecular weight excluding hydrogens is 834 g/mol. The van der Waals surface area contributed by atoms with Gasteiger partial charge in [0.2, 0.25) is 5.91 Å². The van der Waals surface area contributed by atoms with E-state index in [0.717, 1.165) is 55.4 Å². The number of halogens is 5. The highest BCUT2D eigenvalue weighted by Gasteiger charge is 2.30. The fraction of sp³-hybridized carbons (Fsp3) is 0.348. The van der Waals surface area contributed by atoms with Gasteiger partial charge in [0.15, 0.2) is 29.3 Å². The number of likely N-dealkylation sites (N-methyl/N-ethyl adjacent to an activating group) is 1. The molecule has 336 valence electrons. The van der Waals surface area contributed by atoms with E-state index >= 15 is 0 Å². The number of hydrogen-bond donors (Lipinski definition) is 4. The highest BCUT2D eigenvalue weighted by atomic mass is 19.4. The Morgan fingerprint density at radius 3 is 2.03 bits per heavy atom. The zero-order chi connectivity index (χ0) is 45.8. The molecule has 0 radical (unpaired) electrons. The minimum absolute atomic E-state index is 0.108. The number of nitrogens with zero attached hydrogens (tertiary/aromatic N) is 3. The third kappa shape index (κ3) is 13.2. The number of likely N-dealkylation sites (tertiary alicyclic amines) is 1. The minimum Gasteiger partial charge on any atom is -0.493 e. The zero-order valence-electron chi connectivity index (χ0n) is 34.4. The first kappa shape index (κ1) is 47.9. The van der Waals surface area contributed by atoms with Crippen LogP contribution in [0.3, 0.4) is 0 Å². The number of fused-ring (bicyclic) bond motifs is 1. The average molecular weight is 882 g/mol. The van der Waals surface area contributed by atoms with Crippen LogP contribution in [0, 0.1) is 11.6 Å². The average Bonchev–Trinajstić information content (AvgIpc) is 3.26. The van der Waals surface area contributed by atoms with Crippen molar-refractivity contribution in [2.24, 2.45) is 0 Å². The van der Waals surface area contributed by atoms with Crippen LogP contribution in [-0.4, -0.2) is 98.1 Å². The van der Waals surface area contributed by atoms with E-state index in [-0.39, 0.29) is 42.8 Å². The van der Waals surface area contributed by atoms with E-state index in [9.17, 15) is 41.1 Å². The molecule has 5 aromatic rings. The molecule has 1 amide bonds. The van der Waals surface area contributed by atoms with Crippen LogP contribution < -0.4 is 10.2 Å². The third-order valence-corrected chi connectivity index (χ3v) is 10.6. The number of carboxylic acids is 2. The normalized spacial score (nSPS) is 14.0. The smallest absolute Gasteiger partial charge is 0.416 e. The summed E-state index contributed by atoms with van der Waals surface area (Å²) >= 11 is 0. The quantitative estimate of drug-likeness (QED) is 0.0631. The van der Waals surface area contributed by atoms with Crippen LogP contribution in [0.25, 0.3) is 22.0 Å². The minimum atomic E-state index is -4.41. The molecule has 1 fully saturated rings. The van der Waals surface area contributed by atoms with Gasteiger partial charge in [-0.05, 0) is 97.8 Å². The van der Waals surface area contributed by atoms with Crippen molar-refractivity contribution < 1.29 is 61.5 Å². The third-order valence-electron chi connectivity index (χ3n) is 10.6. The van der Waals surface area contributed by atoms with Crippen LogP contribution in [-0.2, 0) is 46.5 Å². The molecule has 4 N–H and O–H groups in total. The lowest BCUT2D eigenvalue weighted by molar-refractivity contribution is -0.165. The number of hydrogen-bond acceptors (Lipinski definition) is 8. The molecule has 0 bridgehead atoms. The first-order valence-corrected chi connectivity index (χ1v) is 20.2. The maximum absolute atomic E-state index is 14.6. The van der Waals surface area contributed by atoms with Gasteiger partial charge < -0.3 is 39.5 Å². The van der Waals surface area contributed by atoms with Gasteiger partial charge in [-0.15, -0.1) is 0 Å². The van der Waals surface area contributed by atoms with E-state index in [1.54, 1.807) is 46.8 Å². The van der Waals surface area contributed by atoms with Crippen molar-refractivity contribution in [1.29, 1.82) is 0 Å². The number of carboxylic acid groups (broad SMARTS) is 2. The molecule has 1 aliphatic rings. The Morgan fingerprint density at radius 1 is 0.810 bits per heavy atom. The molecule has 17 heteroatoms. The van der Waals surface area contributed by atoms with E-state index in [1.165, 1.54) is 49.6 Å². The lowest BCUT2D eigenvalue weighted by Gasteiger charge is -2.26. The van der Waals surface area contributed by atoms with Gasteiger partial charge in [-0.3, -0.25) is 9.59 Å². The van der Waals surface area contributed by atoms with Crippen molar-refractivity contribution in [3.05, 3.63) is 135 Å². The number of aromatic nitrogens is 1. The van der Waals surface area contributed by atoms with Gasteiger partial charge in [0, 0.05) is 43.4 Å². The summed E-state index contributed by atoms with van der Waals surface area (Å²) in [5, 5.41) is 32.9. The first-order chi connectivity index (χ1) is 29.9. The second kappa shape index (κ2) is 21.8. The molecule has 2 heterocycles. The fourth-order valence-electron chi connectivity index (χ4n) is 7.10. The Labute approximate surface area is 359 Å². The Kier molecular flexibility index (Phi) is 16.5. The molecule has 1 aromatic heterocycles. The number of rotatable bonds is 16. The first-order valence-electron chi connectivity index (χ1n) is 20.2. The molecule has 1 saturated heterocycles. The van der Waals surface area contributed by atoms with Gasteiger partial charge in [0.05, 0.1) is 17.7 Å². The molecular formula is C46H48F5N3O9. The molecule has 63 heavy (non-hydrogen) atoms. The van der Waals surface area contributed by atoms with Crippen LogP contribution in [0.2, 0.25) is 0 Å². The molecule has 0 spiro atoms. The number of amides is 1. The van der Waals surface area contributed by atoms with Crippen molar-refractivity contribution in [2.45, 2.75) is 70.0 Å². The summed E-state index contributed by atoms with van der Waals surface area (Å²) in [4.78, 5) is 50.7. The summed E-state index contributed by atoms with van der Waals surface area (Å²) in [6.07, 6.45) is -4.12. The SMILES string of the molecule is CN(Cc1ccc(-c2ccc(C(F)(F)F)cc2)cc1)C(=O)Cn1c(CCc2cccc(F)c2F)cc(=O)c2ccc(OCCCN3CCCCC3)cc21.O=C(O)C(O)C(O)C(=O)O. The number of aliphatic carboxylic acids is 2. The van der Waals surface area contributed by atoms with E-state index in [4.69, 9.17) is 25.2 Å². The summed E-state index contributed by atoms with van der Waals surface area (Å²) in [5.41, 5.74) is 2.37. The van der Waals surface area contributed by atoms with Gasteiger partial charge in [0.25, 0.3) is 0 Å². The van der Waals surface area contributed by atoms with Crippen LogP contribution in [0.4, 0.5) is 22.0 Å². The molecule has 2 atom stereocenters. The van der Waals surface area contributed by atoms with E-state index < -0.39 is 47.5 Å². The number of aliphatic hydroxyl groups is 2. The molecule has 0 saturated carbocycles. The predicted octanol–water partition coefficient (Wildman–Crippen LogP) is 6.54. The van der Waals surface area contributed by atoms with Crippen molar-refractivity contribution in [3.8, 4) is 16.9 Å². The Bertz CT molecular complexity index is 2400. The topological polar surface area (TPSA) is 170 Å². The van der Waals surface area contributed by atoms with Crippen molar-refractivity contribution in [3.63, 3.8) is 0 Å². The molecule has 1 aliphatic heterocycles. The van der Waals surface area contributed by atoms with Gasteiger partial charge in [-0.25, -0.2) is 18.4 Å². The molecule has 2 unspecified atom stereocenters. The number of ether oxygens (including phenoxy) is 1. The second-order valence-electron chi connectivity index (χ2n) is 15.2. The van der Waals surface area contributed by atoms with Gasteiger partial charge in [0.1, 0.15) is 12.3 Å². The lowest BCUT2D eigenvalue weighted by Crippen LogP contribution is -2.39. The van der Waals surface area contributed by atoms with Crippen LogP contribution in [0.15, 0.2) is 95.8 Å². The number of benzene rings is 4. The fourth-order valence-corrected chi connectivity index (χ4v) is 7.10. The Morgan fingerprint density at radius 2 is 1.43 bits per heavy atom. The summed E-state index contributed by atoms with van der Waals surface area (Å²) in [6.45, 7) is 3.75. The maximum Gasteiger partial charge on any atom is 0.416 e. The monoisotopic (exact) mass is 881 g/mol. The van der Waals surface area contributed by atoms with E-state index in [2.05, 4.69) is 4.90 Å². The van der Waals surface area contributed by atoms with E-state index in [0.29, 0.717) is 34.5 Å². The van der Waals surface area contributed by atoms with Gasteiger partial charge in [-0.1, -0.05) is 55.0 Å². The molecule has 0 aliphatic carbocycles. The second-order valence-corrected chi connectivity index (χ2v) is 15.2. The molecule has 6 rings (SSSR count). The predicted molar refractivity (Wildman–Crippen MR) is 223 cm³/mol. The van der Waals surface area contributed by atoms with Crippen molar-refractivity contribution >= 4 is 28.7 Å². The number of carbonyl (C=O) groups is 3. The van der Waals surface area contributed by atoms with Gasteiger partial charge >= 0.3 is 18.1 Å². The van der Waals surface area contributed by atoms with Crippen LogP contribution in [0.1, 0.15) is 48.1 Å². The zero-order valence-corrected chi connectivity index (χ0v) is 34.4. The highest BCUT2D eigenvalue weighted by molar-refractivity contribution is 5.84. The van der Waals surface area contributed by atoms with E-state index in [1.807, 2.05) is 12.1 Å². The van der Waals surface area contributed by atoms with Crippen LogP contribution >= 0.6 is 0 Å². The number of aliphatic hydroxyl groups excluding tert-OH is 2. The van der Waals surface area contributed by atoms with Crippen LogP contribution in [0.5, 0.6) is 5.75 Å². The Balaban J connectivity index is 0.000000667. The number of carbonyl (C=O) groups excluding carboxylic acids is 1. The number of piperidine rings is 1. The standard InChI is InChI=1S/C42H42F5N3O3.C4H6O6/c1-48(27-29-9-11-30(12-10-29)31-13-16-33(17-14-31)42(45,46)47)40(52)28-50-34(18-15-32-7-5-8-37(43)41(32)44)25-39(51)36-20-19-35(26-38(36)50)53-24-6-23-49-21-3-2-4-22-49;5-1(3(7)8)2(6)4(9)10/h5,7-14,16-17,19-20,25-26H,2-4,6,15,18,21-24,27-28H2,1H3;1-2,5-6H,(H,7,8)(H,9,10). The molecule has 4 aromatic carbocycles. The summed E-state index contributed by atoms with van der Waals surface area (Å²) in [7, 11) is 1.66. The largest absolute Gasteiger partial charge is 0.493 e. The number of aryl methyl sites for hydroxylation is 2. The Hall–Kier alpha value is -6.17. The summed E-state index contributed by atoms with van der Waals surface area (Å²) in [5.74, 6) is -5.13. The number of pyridine rings is 1. The highest BCUT2D eigenvalue weighted by Crippen LogP contribution is 2.31. The van der Waals surface area contributed by atoms with Crippen molar-refractivity contribution in [1.82, 2.24) is 14.4 Å². The summed E-state index contributed by atoms with van der Waals surface area (Å²) < 4.78 is 75.5. The van der Waals surface area contributed by atoms with Gasteiger partial charge in [-0.2, -0.15) is 13.2 Å². The van der Waals surface area contributed by atoms with Crippen molar-refractivity contribution in [2.75, 3.05) is 33.3 Å². The lowest BCUT2D eigenvalue weighted by atomic mass is 10.0. The molecule has 12 nitrogen and oxygen atoms in total.